The number of carbonyl (C=O) groups excluding carboxylic acids is 1. The molecule has 9 nitrogen and oxygen atoms in total. The number of halogens is 3. The quantitative estimate of drug-likeness (QED) is 0.322. The van der Waals surface area contributed by atoms with Gasteiger partial charge in [0.05, 0.1) is 30.1 Å². The molecule has 1 atom stereocenters. The van der Waals surface area contributed by atoms with Gasteiger partial charge in [0, 0.05) is 41.5 Å². The number of aromatic amines is 1. The number of nitrogens with zero attached hydrogens (tertiary/aromatic N) is 2. The molecule has 1 aromatic carbocycles. The molecular formula is C26H31F3N6O3. The van der Waals surface area contributed by atoms with Gasteiger partial charge in [-0.1, -0.05) is 0 Å². The molecule has 2 aliphatic rings. The van der Waals surface area contributed by atoms with E-state index in [2.05, 4.69) is 44.7 Å². The second kappa shape index (κ2) is 9.97. The van der Waals surface area contributed by atoms with Gasteiger partial charge in [-0.05, 0) is 58.1 Å². The summed E-state index contributed by atoms with van der Waals surface area (Å²) in [5, 5.41) is 9.72. The molecule has 1 saturated heterocycles. The van der Waals surface area contributed by atoms with E-state index >= 15 is 0 Å². The highest BCUT2D eigenvalue weighted by atomic mass is 19.4. The van der Waals surface area contributed by atoms with Crippen LogP contribution in [0.1, 0.15) is 51.5 Å². The summed E-state index contributed by atoms with van der Waals surface area (Å²) in [4.78, 5) is 23.3. The first-order valence-corrected chi connectivity index (χ1v) is 12.7. The Balaban J connectivity index is 1.55. The molecule has 12 heteroatoms. The Labute approximate surface area is 217 Å². The summed E-state index contributed by atoms with van der Waals surface area (Å²) in [6, 6.07) is 3.21. The first kappa shape index (κ1) is 26.1. The molecule has 1 saturated carbocycles. The number of anilines is 2. The minimum absolute atomic E-state index is 0.00914. The van der Waals surface area contributed by atoms with E-state index < -0.39 is 17.8 Å². The van der Waals surface area contributed by atoms with Crippen molar-refractivity contribution in [3.8, 4) is 17.0 Å². The zero-order valence-electron chi connectivity index (χ0n) is 21.5. The highest BCUT2D eigenvalue weighted by Gasteiger charge is 2.37. The van der Waals surface area contributed by atoms with Crippen molar-refractivity contribution in [1.82, 2.24) is 20.3 Å². The van der Waals surface area contributed by atoms with Crippen LogP contribution in [0.15, 0.2) is 24.5 Å². The van der Waals surface area contributed by atoms with Gasteiger partial charge in [0.15, 0.2) is 5.75 Å². The van der Waals surface area contributed by atoms with Gasteiger partial charge >= 0.3 is 12.3 Å². The standard InChI is InChI=1S/C26H31F3N6O3/c1-25(2)10-9-14(11-32-25)33-23-31-13-18(26(27,28)29)20(35-23)17-12-30-21-16(17)7-8-19(34-24(36)37-3)22(21)38-15-5-4-6-15/h7-8,12-15,30,32H,4-6,9-11H2,1-3H3,(H,34,36)(H,31,33,35)/t14-/m0/s1. The van der Waals surface area contributed by atoms with Gasteiger partial charge in [-0.15, -0.1) is 0 Å². The van der Waals surface area contributed by atoms with Crippen LogP contribution in [0.4, 0.5) is 29.6 Å². The van der Waals surface area contributed by atoms with Crippen LogP contribution in [-0.2, 0) is 10.9 Å². The lowest BCUT2D eigenvalue weighted by atomic mass is 9.91. The van der Waals surface area contributed by atoms with E-state index in [0.29, 0.717) is 28.9 Å². The molecule has 5 rings (SSSR count). The molecule has 0 spiro atoms. The fraction of sp³-hybridized carbons (Fsp3) is 0.500. The molecule has 2 aromatic heterocycles. The van der Waals surface area contributed by atoms with Crippen LogP contribution < -0.4 is 20.7 Å². The van der Waals surface area contributed by atoms with Crippen molar-refractivity contribution in [2.24, 2.45) is 0 Å². The fourth-order valence-corrected chi connectivity index (χ4v) is 4.70. The third-order valence-corrected chi connectivity index (χ3v) is 7.19. The monoisotopic (exact) mass is 532 g/mol. The van der Waals surface area contributed by atoms with E-state index in [1.165, 1.54) is 13.3 Å². The average Bonchev–Trinajstić information content (AvgIpc) is 3.27. The number of hydrogen-bond acceptors (Lipinski definition) is 7. The number of aromatic nitrogens is 3. The summed E-state index contributed by atoms with van der Waals surface area (Å²) in [7, 11) is 1.25. The minimum Gasteiger partial charge on any atom is -0.486 e. The Morgan fingerprint density at radius 3 is 2.63 bits per heavy atom. The number of methoxy groups -OCH3 is 1. The van der Waals surface area contributed by atoms with E-state index in [1.54, 1.807) is 12.1 Å². The largest absolute Gasteiger partial charge is 0.486 e. The lowest BCUT2D eigenvalue weighted by Gasteiger charge is -2.36. The van der Waals surface area contributed by atoms with Crippen molar-refractivity contribution >= 4 is 28.6 Å². The van der Waals surface area contributed by atoms with Crippen molar-refractivity contribution in [3.05, 3.63) is 30.1 Å². The molecule has 4 N–H and O–H groups in total. The Kier molecular flexibility index (Phi) is 6.84. The van der Waals surface area contributed by atoms with Gasteiger partial charge < -0.3 is 25.1 Å². The minimum atomic E-state index is -4.66. The van der Waals surface area contributed by atoms with Gasteiger partial charge in [0.25, 0.3) is 0 Å². The molecule has 2 fully saturated rings. The summed E-state index contributed by atoms with van der Waals surface area (Å²) in [6.45, 7) is 4.88. The number of H-pyrrole nitrogens is 1. The summed E-state index contributed by atoms with van der Waals surface area (Å²) in [6.07, 6.45) is 1.40. The molecule has 0 radical (unpaired) electrons. The second-order valence-electron chi connectivity index (χ2n) is 10.5. The number of hydrogen-bond donors (Lipinski definition) is 4. The van der Waals surface area contributed by atoms with Crippen molar-refractivity contribution in [2.45, 2.75) is 69.8 Å². The van der Waals surface area contributed by atoms with Gasteiger partial charge in [-0.2, -0.15) is 13.2 Å². The van der Waals surface area contributed by atoms with Crippen LogP contribution in [0.25, 0.3) is 22.2 Å². The summed E-state index contributed by atoms with van der Waals surface area (Å²) >= 11 is 0. The predicted octanol–water partition coefficient (Wildman–Crippen LogP) is 5.70. The maximum absolute atomic E-state index is 14.1. The molecule has 0 bridgehead atoms. The Bertz CT molecular complexity index is 1330. The molecule has 3 aromatic rings. The molecule has 1 aliphatic heterocycles. The SMILES string of the molecule is COC(=O)Nc1ccc2c(-c3nc(N[C@H]4CCC(C)(C)NC4)ncc3C(F)(F)F)c[nH]c2c1OC1CCC1. The van der Waals surface area contributed by atoms with Gasteiger partial charge in [-0.3, -0.25) is 5.32 Å². The van der Waals surface area contributed by atoms with Crippen molar-refractivity contribution in [2.75, 3.05) is 24.3 Å². The van der Waals surface area contributed by atoms with Crippen molar-refractivity contribution in [1.29, 1.82) is 0 Å². The smallest absolute Gasteiger partial charge is 0.419 e. The number of rotatable bonds is 6. The number of piperidine rings is 1. The number of amides is 1. The van der Waals surface area contributed by atoms with E-state index in [0.717, 1.165) is 38.3 Å². The van der Waals surface area contributed by atoms with E-state index in [4.69, 9.17) is 9.47 Å². The molecule has 3 heterocycles. The maximum Gasteiger partial charge on any atom is 0.419 e. The van der Waals surface area contributed by atoms with Crippen LogP contribution in [0.5, 0.6) is 5.75 Å². The number of alkyl halides is 3. The summed E-state index contributed by atoms with van der Waals surface area (Å²) in [5.41, 5.74) is -0.100. The number of nitrogens with one attached hydrogen (secondary N) is 4. The fourth-order valence-electron chi connectivity index (χ4n) is 4.70. The molecule has 1 amide bonds. The molecular weight excluding hydrogens is 501 g/mol. The lowest BCUT2D eigenvalue weighted by molar-refractivity contribution is -0.137. The van der Waals surface area contributed by atoms with Gasteiger partial charge in [0.1, 0.15) is 5.56 Å². The Morgan fingerprint density at radius 1 is 1.21 bits per heavy atom. The summed E-state index contributed by atoms with van der Waals surface area (Å²) < 4.78 is 53.0. The van der Waals surface area contributed by atoms with E-state index in [1.807, 2.05) is 0 Å². The highest BCUT2D eigenvalue weighted by molar-refractivity contribution is 6.03. The number of ether oxygens (including phenoxy) is 2. The van der Waals surface area contributed by atoms with Gasteiger partial charge in [-0.25, -0.2) is 14.8 Å². The van der Waals surface area contributed by atoms with Crippen LogP contribution >= 0.6 is 0 Å². The molecule has 1 aliphatic carbocycles. The molecule has 38 heavy (non-hydrogen) atoms. The Morgan fingerprint density at radius 2 is 2.00 bits per heavy atom. The van der Waals surface area contributed by atoms with Crippen LogP contribution in [0.3, 0.4) is 0 Å². The van der Waals surface area contributed by atoms with Crippen molar-refractivity contribution < 1.29 is 27.4 Å². The number of benzene rings is 1. The molecule has 0 unspecified atom stereocenters. The predicted molar refractivity (Wildman–Crippen MR) is 137 cm³/mol. The van der Waals surface area contributed by atoms with Crippen LogP contribution in [0.2, 0.25) is 0 Å². The van der Waals surface area contributed by atoms with E-state index in [-0.39, 0.29) is 34.9 Å². The van der Waals surface area contributed by atoms with E-state index in [9.17, 15) is 18.0 Å². The normalized spacial score (nSPS) is 19.6. The highest BCUT2D eigenvalue weighted by Crippen LogP contribution is 2.43. The average molecular weight is 533 g/mol. The zero-order chi connectivity index (χ0) is 27.1. The van der Waals surface area contributed by atoms with Gasteiger partial charge in [0.2, 0.25) is 5.95 Å². The molecule has 204 valence electrons. The topological polar surface area (TPSA) is 113 Å². The third kappa shape index (κ3) is 5.35. The maximum atomic E-state index is 14.1. The Hall–Kier alpha value is -3.54. The summed E-state index contributed by atoms with van der Waals surface area (Å²) in [5.74, 6) is 0.476. The number of fused-ring (bicyclic) bond motifs is 1. The van der Waals surface area contributed by atoms with Crippen LogP contribution in [-0.4, -0.2) is 52.4 Å². The first-order chi connectivity index (χ1) is 18.0. The zero-order valence-corrected chi connectivity index (χ0v) is 21.5. The third-order valence-electron chi connectivity index (χ3n) is 7.19. The van der Waals surface area contributed by atoms with Crippen LogP contribution in [0, 0.1) is 0 Å². The first-order valence-electron chi connectivity index (χ1n) is 12.7. The lowest BCUT2D eigenvalue weighted by Crippen LogP contribution is -2.50. The second-order valence-corrected chi connectivity index (χ2v) is 10.5. The number of carbonyl (C=O) groups is 1. The van der Waals surface area contributed by atoms with Crippen molar-refractivity contribution in [3.63, 3.8) is 0 Å².